The van der Waals surface area contributed by atoms with E-state index in [1.165, 1.54) is 0 Å². The lowest BCUT2D eigenvalue weighted by atomic mass is 9.59. The molecule has 0 spiro atoms. The summed E-state index contributed by atoms with van der Waals surface area (Å²) in [6.45, 7) is 0. The minimum Gasteiger partial charge on any atom is -0.457 e. The number of benzene rings is 7. The van der Waals surface area contributed by atoms with E-state index in [2.05, 4.69) is 0 Å². The van der Waals surface area contributed by atoms with Crippen LogP contribution >= 0.6 is 0 Å². The molecule has 24 radical (unpaired) electrons. The normalized spacial score (nSPS) is 11.5. The van der Waals surface area contributed by atoms with Gasteiger partial charge < -0.3 is 4.42 Å². The highest BCUT2D eigenvalue weighted by atomic mass is 16.3. The van der Waals surface area contributed by atoms with E-state index in [9.17, 15) is 0 Å². The summed E-state index contributed by atoms with van der Waals surface area (Å²) in [4.78, 5) is 14.6. The second-order valence-electron chi connectivity index (χ2n) is 14.2. The Labute approximate surface area is 357 Å². The second kappa shape index (κ2) is 14.6. The quantitative estimate of drug-likeness (QED) is 0.176. The fourth-order valence-corrected chi connectivity index (χ4v) is 7.68. The van der Waals surface area contributed by atoms with Gasteiger partial charge in [0.05, 0.1) is 0 Å². The minimum atomic E-state index is 0.0460. The molecule has 0 amide bonds. The maximum absolute atomic E-state index is 7.00. The predicted molar refractivity (Wildman–Crippen MR) is 256 cm³/mol. The SMILES string of the molecule is [B]c1c([B])c([B])c(-c2cc(-c3ccc(-c4nc(-c5ccccc5)nc(-c5ccccc5)n4)cc3)c3c(oc4c([B])c5c([B])c([B])c([B])c([B])c5c([B])c43)c2[B])c([B])c1[B]. The Kier molecular flexibility index (Phi) is 9.61. The van der Waals surface area contributed by atoms with Crippen LogP contribution in [0.5, 0.6) is 0 Å². The lowest BCUT2D eigenvalue weighted by molar-refractivity contribution is 0.675. The lowest BCUT2D eigenvalue weighted by Crippen LogP contribution is -2.55. The predicted octanol–water partition coefficient (Wildman–Crippen LogP) is -3.22. The van der Waals surface area contributed by atoms with Crippen molar-refractivity contribution in [1.82, 2.24) is 15.0 Å². The molecular formula is C43H15B12N3O. The van der Waals surface area contributed by atoms with Crippen LogP contribution in [0.15, 0.2) is 95.4 Å². The van der Waals surface area contributed by atoms with Crippen LogP contribution in [0.1, 0.15) is 0 Å². The van der Waals surface area contributed by atoms with Gasteiger partial charge in [0, 0.05) is 27.5 Å². The third-order valence-electron chi connectivity index (χ3n) is 10.8. The Hall–Kier alpha value is -5.61. The van der Waals surface area contributed by atoms with E-state index in [1.807, 2.05) is 84.9 Å². The number of nitrogens with zero attached hydrogens (tertiary/aromatic N) is 3. The molecule has 0 fully saturated rings. The van der Waals surface area contributed by atoms with Crippen molar-refractivity contribution in [3.63, 3.8) is 0 Å². The molecule has 9 aromatic rings. The van der Waals surface area contributed by atoms with E-state index >= 15 is 0 Å². The van der Waals surface area contributed by atoms with E-state index in [1.54, 1.807) is 6.07 Å². The van der Waals surface area contributed by atoms with Gasteiger partial charge in [0.2, 0.25) is 0 Å². The van der Waals surface area contributed by atoms with Crippen LogP contribution in [-0.4, -0.2) is 109 Å². The molecular weight excluding hydrogens is 704 g/mol. The molecule has 2 aromatic heterocycles. The summed E-state index contributed by atoms with van der Waals surface area (Å²) in [5, 5.41) is 1.52. The summed E-state index contributed by atoms with van der Waals surface area (Å²) in [5.74, 6) is 1.50. The Balaban J connectivity index is 1.34. The van der Waals surface area contributed by atoms with Crippen LogP contribution in [0.2, 0.25) is 0 Å². The third kappa shape index (κ3) is 6.04. The molecule has 0 bridgehead atoms. The van der Waals surface area contributed by atoms with E-state index in [0.29, 0.717) is 55.9 Å². The van der Waals surface area contributed by atoms with Crippen molar-refractivity contribution < 1.29 is 4.42 Å². The Bertz CT molecular complexity index is 3140. The van der Waals surface area contributed by atoms with Crippen LogP contribution in [-0.2, 0) is 0 Å². The lowest BCUT2D eigenvalue weighted by Gasteiger charge is -2.23. The Morgan fingerprint density at radius 1 is 0.305 bits per heavy atom. The van der Waals surface area contributed by atoms with Crippen LogP contribution < -0.4 is 65.6 Å². The average molecular weight is 719 g/mol. The monoisotopic (exact) mass is 721 g/mol. The Morgan fingerprint density at radius 3 is 1.19 bits per heavy atom. The van der Waals surface area contributed by atoms with Gasteiger partial charge in [-0.1, -0.05) is 112 Å². The number of rotatable bonds is 5. The molecule has 0 unspecified atom stereocenters. The summed E-state index contributed by atoms with van der Waals surface area (Å²) in [5.41, 5.74) is 5.77. The number of furan rings is 1. The topological polar surface area (TPSA) is 51.8 Å². The first-order valence-corrected chi connectivity index (χ1v) is 18.2. The minimum absolute atomic E-state index is 0.0460. The van der Waals surface area contributed by atoms with Gasteiger partial charge in [-0.05, 0) is 50.0 Å². The first kappa shape index (κ1) is 38.9. The first-order valence-electron chi connectivity index (χ1n) is 18.2. The second-order valence-corrected chi connectivity index (χ2v) is 14.2. The molecule has 7 aromatic carbocycles. The molecule has 2 heterocycles. The fourth-order valence-electron chi connectivity index (χ4n) is 7.68. The van der Waals surface area contributed by atoms with Gasteiger partial charge in [-0.3, -0.25) is 0 Å². The highest BCUT2D eigenvalue weighted by molar-refractivity contribution is 6.72. The zero-order chi connectivity index (χ0) is 41.6. The molecule has 0 aliphatic heterocycles. The van der Waals surface area contributed by atoms with Crippen LogP contribution in [0.3, 0.4) is 0 Å². The van der Waals surface area contributed by atoms with E-state index < -0.39 is 0 Å². The van der Waals surface area contributed by atoms with Crippen LogP contribution in [0, 0.1) is 0 Å². The number of hydrogen-bond donors (Lipinski definition) is 0. The third-order valence-corrected chi connectivity index (χ3v) is 10.8. The van der Waals surface area contributed by atoms with Gasteiger partial charge in [0.1, 0.15) is 105 Å². The Morgan fingerprint density at radius 2 is 0.695 bits per heavy atom. The summed E-state index contributed by atoms with van der Waals surface area (Å²) in [6, 6.07) is 28.8. The van der Waals surface area contributed by atoms with Crippen molar-refractivity contribution in [2.75, 3.05) is 0 Å². The van der Waals surface area contributed by atoms with Crippen LogP contribution in [0.4, 0.5) is 0 Å². The van der Waals surface area contributed by atoms with Gasteiger partial charge in [-0.15, -0.1) is 27.3 Å². The summed E-state index contributed by atoms with van der Waals surface area (Å²) in [6.07, 6.45) is 0. The molecule has 0 aliphatic rings. The molecule has 16 heteroatoms. The maximum Gasteiger partial charge on any atom is 0.164 e. The van der Waals surface area contributed by atoms with Crippen molar-refractivity contribution in [1.29, 1.82) is 0 Å². The number of fused-ring (bicyclic) bond motifs is 4. The zero-order valence-corrected chi connectivity index (χ0v) is 31.3. The van der Waals surface area contributed by atoms with Crippen molar-refractivity contribution in [2.24, 2.45) is 0 Å². The van der Waals surface area contributed by atoms with Crippen molar-refractivity contribution in [2.45, 2.75) is 0 Å². The summed E-state index contributed by atoms with van der Waals surface area (Å²) in [7, 11) is 78.4. The molecule has 59 heavy (non-hydrogen) atoms. The molecule has 244 valence electrons. The standard InChI is InChI=1S/C43H15B12N3O/c44-27-21(23-29(46)34(51)38(55)35(52)30(23)47)15-20(22-26-28(45)24-25(33(50)40(26)59-39(22)27)32(49)37(54)36(53)31(24)48)16-11-13-19(14-12-16)43-57-41(17-7-3-1-4-8-17)56-42(58-43)18-9-5-2-6-10-18/h1-15H. The molecule has 9 rings (SSSR count). The van der Waals surface area contributed by atoms with Gasteiger partial charge >= 0.3 is 0 Å². The van der Waals surface area contributed by atoms with E-state index in [4.69, 9.17) is 114 Å². The summed E-state index contributed by atoms with van der Waals surface area (Å²) >= 11 is 0. The van der Waals surface area contributed by atoms with Gasteiger partial charge in [-0.2, -0.15) is 0 Å². The van der Waals surface area contributed by atoms with Gasteiger partial charge in [0.15, 0.2) is 17.5 Å². The zero-order valence-electron chi connectivity index (χ0n) is 31.3. The maximum atomic E-state index is 7.00. The van der Waals surface area contributed by atoms with E-state index in [-0.39, 0.29) is 87.7 Å². The molecule has 0 aliphatic carbocycles. The largest absolute Gasteiger partial charge is 0.457 e. The smallest absolute Gasteiger partial charge is 0.164 e. The molecule has 0 saturated heterocycles. The summed E-state index contributed by atoms with van der Waals surface area (Å²) < 4.78 is 6.57. The van der Waals surface area contributed by atoms with Gasteiger partial charge in [0.25, 0.3) is 0 Å². The molecule has 0 atom stereocenters. The first-order chi connectivity index (χ1) is 28.3. The van der Waals surface area contributed by atoms with Gasteiger partial charge in [-0.25, -0.2) is 15.0 Å². The molecule has 4 nitrogen and oxygen atoms in total. The highest BCUT2D eigenvalue weighted by Gasteiger charge is 2.25. The highest BCUT2D eigenvalue weighted by Crippen LogP contribution is 2.38. The van der Waals surface area contributed by atoms with Crippen molar-refractivity contribution in [3.8, 4) is 56.4 Å². The van der Waals surface area contributed by atoms with Crippen molar-refractivity contribution in [3.05, 3.63) is 91.0 Å². The molecule has 0 N–H and O–H groups in total. The van der Waals surface area contributed by atoms with Crippen LogP contribution in [0.25, 0.3) is 89.1 Å². The van der Waals surface area contributed by atoms with Crippen molar-refractivity contribution >= 4 is 192 Å². The number of hydrogen-bond acceptors (Lipinski definition) is 4. The van der Waals surface area contributed by atoms with E-state index in [0.717, 1.165) is 11.1 Å². The molecule has 0 saturated carbocycles. The average Bonchev–Trinajstić information content (AvgIpc) is 3.68. The number of aromatic nitrogens is 3. The fraction of sp³-hybridized carbons (Fsp3) is 0.